The zero-order chi connectivity index (χ0) is 18.0. The second kappa shape index (κ2) is 12.6. The van der Waals surface area contributed by atoms with Crippen molar-refractivity contribution in [3.8, 4) is 0 Å². The van der Waals surface area contributed by atoms with Crippen LogP contribution >= 0.6 is 24.0 Å². The molecule has 0 spiro atoms. The van der Waals surface area contributed by atoms with Crippen molar-refractivity contribution in [3.63, 3.8) is 0 Å². The van der Waals surface area contributed by atoms with E-state index in [1.165, 1.54) is 24.8 Å². The van der Waals surface area contributed by atoms with Crippen LogP contribution in [0.3, 0.4) is 0 Å². The maximum Gasteiger partial charge on any atom is 0.191 e. The number of halogens is 1. The van der Waals surface area contributed by atoms with Crippen molar-refractivity contribution in [2.75, 3.05) is 39.3 Å². The van der Waals surface area contributed by atoms with E-state index < -0.39 is 0 Å². The summed E-state index contributed by atoms with van der Waals surface area (Å²) in [6, 6.07) is 10.7. The van der Waals surface area contributed by atoms with E-state index in [4.69, 9.17) is 10.5 Å². The molecule has 1 aromatic rings. The predicted molar refractivity (Wildman–Crippen MR) is 123 cm³/mol. The number of ether oxygens (including phenoxy) is 1. The molecule has 5 nitrogen and oxygen atoms in total. The first-order chi connectivity index (χ1) is 12.8. The van der Waals surface area contributed by atoms with Crippen molar-refractivity contribution in [2.24, 2.45) is 10.7 Å². The molecule has 152 valence electrons. The lowest BCUT2D eigenvalue weighted by Gasteiger charge is -2.32. The summed E-state index contributed by atoms with van der Waals surface area (Å²) >= 11 is 0. The first kappa shape index (κ1) is 22.4. The van der Waals surface area contributed by atoms with Gasteiger partial charge in [-0.2, -0.15) is 0 Å². The van der Waals surface area contributed by atoms with Crippen LogP contribution in [0.5, 0.6) is 0 Å². The summed E-state index contributed by atoms with van der Waals surface area (Å²) in [5.41, 5.74) is 7.48. The second-order valence-corrected chi connectivity index (χ2v) is 7.47. The molecule has 0 atom stereocenters. The number of guanidine groups is 1. The average Bonchev–Trinajstić information content (AvgIpc) is 2.70. The molecule has 0 saturated carbocycles. The minimum atomic E-state index is 0. The first-order valence-corrected chi connectivity index (χ1v) is 10.2. The van der Waals surface area contributed by atoms with Crippen molar-refractivity contribution in [1.29, 1.82) is 0 Å². The fraction of sp³-hybridized carbons (Fsp3) is 0.667. The molecule has 3 rings (SSSR count). The highest BCUT2D eigenvalue weighted by Crippen LogP contribution is 2.16. The number of piperidine rings is 2. The highest BCUT2D eigenvalue weighted by molar-refractivity contribution is 14.0. The highest BCUT2D eigenvalue weighted by Gasteiger charge is 2.19. The summed E-state index contributed by atoms with van der Waals surface area (Å²) in [6.45, 7) is 6.99. The van der Waals surface area contributed by atoms with Gasteiger partial charge in [0.1, 0.15) is 0 Å². The fourth-order valence-electron chi connectivity index (χ4n) is 3.81. The quantitative estimate of drug-likeness (QED) is 0.278. The van der Waals surface area contributed by atoms with E-state index in [1.54, 1.807) is 0 Å². The number of hydrogen-bond donors (Lipinski definition) is 1. The maximum absolute atomic E-state index is 6.08. The molecule has 0 unspecified atom stereocenters. The van der Waals surface area contributed by atoms with Gasteiger partial charge in [0.15, 0.2) is 5.96 Å². The maximum atomic E-state index is 6.08. The number of aliphatic imine (C=N–C) groups is 1. The normalized spacial score (nSPS) is 19.7. The largest absolute Gasteiger partial charge is 0.378 e. The van der Waals surface area contributed by atoms with E-state index >= 15 is 0 Å². The summed E-state index contributed by atoms with van der Waals surface area (Å²) < 4.78 is 6.06. The Bertz CT molecular complexity index is 540. The van der Waals surface area contributed by atoms with E-state index in [0.29, 0.717) is 6.10 Å². The summed E-state index contributed by atoms with van der Waals surface area (Å²) in [7, 11) is 0. The van der Waals surface area contributed by atoms with Crippen LogP contribution in [0.2, 0.25) is 0 Å². The lowest BCUT2D eigenvalue weighted by Crippen LogP contribution is -2.41. The SMILES string of the molecule is I.NC(=NCCCOC1CCN(Cc2ccccc2)CC1)N1CCCCC1. The van der Waals surface area contributed by atoms with Crippen LogP contribution in [-0.4, -0.2) is 61.2 Å². The number of rotatable bonds is 7. The molecule has 2 aliphatic rings. The molecule has 1 aromatic carbocycles. The molecule has 2 saturated heterocycles. The van der Waals surface area contributed by atoms with Crippen molar-refractivity contribution in [3.05, 3.63) is 35.9 Å². The van der Waals surface area contributed by atoms with E-state index in [1.807, 2.05) is 0 Å². The summed E-state index contributed by atoms with van der Waals surface area (Å²) in [5.74, 6) is 0.721. The zero-order valence-electron chi connectivity index (χ0n) is 16.4. The Balaban J connectivity index is 0.00000261. The van der Waals surface area contributed by atoms with Crippen LogP contribution in [0.1, 0.15) is 44.1 Å². The summed E-state index contributed by atoms with van der Waals surface area (Å²) in [4.78, 5) is 9.26. The van der Waals surface area contributed by atoms with Crippen molar-refractivity contribution >= 4 is 29.9 Å². The average molecular weight is 486 g/mol. The van der Waals surface area contributed by atoms with E-state index in [2.05, 4.69) is 45.1 Å². The molecule has 2 N–H and O–H groups in total. The van der Waals surface area contributed by atoms with Gasteiger partial charge in [-0.25, -0.2) is 0 Å². The van der Waals surface area contributed by atoms with Crippen LogP contribution in [-0.2, 0) is 11.3 Å². The van der Waals surface area contributed by atoms with Gasteiger partial charge >= 0.3 is 0 Å². The van der Waals surface area contributed by atoms with Gasteiger partial charge in [0.05, 0.1) is 6.10 Å². The van der Waals surface area contributed by atoms with Gasteiger partial charge in [-0.3, -0.25) is 9.89 Å². The molecule has 0 radical (unpaired) electrons. The second-order valence-electron chi connectivity index (χ2n) is 7.47. The van der Waals surface area contributed by atoms with E-state index in [9.17, 15) is 0 Å². The van der Waals surface area contributed by atoms with E-state index in [0.717, 1.165) is 71.1 Å². The van der Waals surface area contributed by atoms with Crippen LogP contribution in [0.4, 0.5) is 0 Å². The lowest BCUT2D eigenvalue weighted by molar-refractivity contribution is 0.00565. The van der Waals surface area contributed by atoms with Gasteiger partial charge in [0.25, 0.3) is 0 Å². The van der Waals surface area contributed by atoms with Gasteiger partial charge in [0.2, 0.25) is 0 Å². The standard InChI is InChI=1S/C21H34N4O.HI/c22-21(25-13-5-2-6-14-25)23-12-7-17-26-20-10-15-24(16-11-20)18-19-8-3-1-4-9-19;/h1,3-4,8-9,20H,2,5-7,10-18H2,(H2,22,23);1H. The Morgan fingerprint density at radius 2 is 1.74 bits per heavy atom. The Labute approximate surface area is 181 Å². The monoisotopic (exact) mass is 486 g/mol. The number of nitrogens with zero attached hydrogens (tertiary/aromatic N) is 3. The van der Waals surface area contributed by atoms with Gasteiger partial charge in [-0.1, -0.05) is 30.3 Å². The van der Waals surface area contributed by atoms with Crippen molar-refractivity contribution in [1.82, 2.24) is 9.80 Å². The molecular weight excluding hydrogens is 451 g/mol. The topological polar surface area (TPSA) is 54.1 Å². The zero-order valence-corrected chi connectivity index (χ0v) is 18.7. The van der Waals surface area contributed by atoms with Gasteiger partial charge in [0, 0.05) is 45.9 Å². The Morgan fingerprint density at radius 1 is 1.04 bits per heavy atom. The Kier molecular flexibility index (Phi) is 10.4. The molecule has 27 heavy (non-hydrogen) atoms. The molecule has 2 heterocycles. The van der Waals surface area contributed by atoms with Gasteiger partial charge < -0.3 is 15.4 Å². The molecule has 0 amide bonds. The molecule has 2 aliphatic heterocycles. The highest BCUT2D eigenvalue weighted by atomic mass is 127. The molecule has 0 aromatic heterocycles. The number of nitrogens with two attached hydrogens (primary N) is 1. The third-order valence-electron chi connectivity index (χ3n) is 5.39. The van der Waals surface area contributed by atoms with Crippen molar-refractivity contribution in [2.45, 2.75) is 51.2 Å². The van der Waals surface area contributed by atoms with E-state index in [-0.39, 0.29) is 24.0 Å². The van der Waals surface area contributed by atoms with Gasteiger partial charge in [-0.05, 0) is 44.1 Å². The van der Waals surface area contributed by atoms with Crippen LogP contribution < -0.4 is 5.73 Å². The van der Waals surface area contributed by atoms with Gasteiger partial charge in [-0.15, -0.1) is 24.0 Å². The fourth-order valence-corrected chi connectivity index (χ4v) is 3.81. The first-order valence-electron chi connectivity index (χ1n) is 10.2. The molecule has 6 heteroatoms. The Morgan fingerprint density at radius 3 is 2.44 bits per heavy atom. The predicted octanol–water partition coefficient (Wildman–Crippen LogP) is 3.48. The summed E-state index contributed by atoms with van der Waals surface area (Å²) in [5, 5.41) is 0. The third-order valence-corrected chi connectivity index (χ3v) is 5.39. The number of benzene rings is 1. The van der Waals surface area contributed by atoms with Crippen LogP contribution in [0.25, 0.3) is 0 Å². The Hall–Kier alpha value is -0.860. The molecule has 2 fully saturated rings. The number of hydrogen-bond acceptors (Lipinski definition) is 3. The number of likely N-dealkylation sites (tertiary alicyclic amines) is 2. The third kappa shape index (κ3) is 7.95. The molecule has 0 aliphatic carbocycles. The minimum absolute atomic E-state index is 0. The summed E-state index contributed by atoms with van der Waals surface area (Å²) in [6.07, 6.45) is 7.42. The lowest BCUT2D eigenvalue weighted by atomic mass is 10.1. The van der Waals surface area contributed by atoms with Crippen LogP contribution in [0, 0.1) is 0 Å². The smallest absolute Gasteiger partial charge is 0.191 e. The minimum Gasteiger partial charge on any atom is -0.378 e. The molecule has 0 bridgehead atoms. The van der Waals surface area contributed by atoms with Crippen LogP contribution in [0.15, 0.2) is 35.3 Å². The molecular formula is C21H35IN4O. The van der Waals surface area contributed by atoms with Crippen molar-refractivity contribution < 1.29 is 4.74 Å².